The number of nitro groups is 2. The first-order valence-corrected chi connectivity index (χ1v) is 18.8. The first-order chi connectivity index (χ1) is 25.3. The van der Waals surface area contributed by atoms with Gasteiger partial charge in [0.1, 0.15) is 6.54 Å². The van der Waals surface area contributed by atoms with Gasteiger partial charge in [-0.1, -0.05) is 94.4 Å². The molecule has 0 amide bonds. The Morgan fingerprint density at radius 3 is 1.83 bits per heavy atom. The molecule has 0 radical (unpaired) electrons. The smallest absolute Gasteiger partial charge is 0.270 e. The summed E-state index contributed by atoms with van der Waals surface area (Å²) in [6, 6.07) is 31.3. The number of hydrogen-bond donors (Lipinski definition) is 0. The van der Waals surface area contributed by atoms with Gasteiger partial charge >= 0.3 is 0 Å². The lowest BCUT2D eigenvalue weighted by molar-refractivity contribution is -0.439. The van der Waals surface area contributed by atoms with Gasteiger partial charge in [-0.05, 0) is 73.8 Å². The SMILES string of the molecule is CC(C)CCN1/C(=C/C=C/C2=[N+](CCC(C)C)c3ccc([N+](=O)[O-])cc3C2(C)Cc2ccccc2)C(C)(Cc2ccccc2)c2cc([N+](=O)[O-])ccc21. The van der Waals surface area contributed by atoms with Gasteiger partial charge in [-0.2, -0.15) is 4.58 Å². The molecule has 2 unspecified atom stereocenters. The highest BCUT2D eigenvalue weighted by Crippen LogP contribution is 2.51. The molecule has 4 aromatic carbocycles. The molecule has 2 atom stereocenters. The van der Waals surface area contributed by atoms with Crippen LogP contribution in [0.2, 0.25) is 0 Å². The summed E-state index contributed by atoms with van der Waals surface area (Å²) < 4.78 is 2.36. The number of anilines is 1. The molecular formula is C45H51N4O4+. The Kier molecular flexibility index (Phi) is 10.8. The molecule has 0 saturated carbocycles. The molecule has 4 aromatic rings. The number of non-ortho nitro benzene ring substituents is 2. The highest BCUT2D eigenvalue weighted by Gasteiger charge is 2.49. The summed E-state index contributed by atoms with van der Waals surface area (Å²) in [6.45, 7) is 14.9. The minimum Gasteiger partial charge on any atom is -0.344 e. The minimum absolute atomic E-state index is 0.0921. The lowest BCUT2D eigenvalue weighted by Crippen LogP contribution is -2.34. The molecule has 53 heavy (non-hydrogen) atoms. The Morgan fingerprint density at radius 1 is 0.717 bits per heavy atom. The van der Waals surface area contributed by atoms with E-state index in [0.29, 0.717) is 24.7 Å². The normalized spacial score (nSPS) is 20.2. The predicted octanol–water partition coefficient (Wildman–Crippen LogP) is 10.7. The monoisotopic (exact) mass is 711 g/mol. The van der Waals surface area contributed by atoms with Gasteiger partial charge in [0, 0.05) is 71.7 Å². The summed E-state index contributed by atoms with van der Waals surface area (Å²) in [4.78, 5) is 25.9. The van der Waals surface area contributed by atoms with Crippen LogP contribution in [0, 0.1) is 32.1 Å². The Balaban J connectivity index is 1.53. The molecule has 0 saturated heterocycles. The largest absolute Gasteiger partial charge is 0.344 e. The first-order valence-electron chi connectivity index (χ1n) is 18.8. The van der Waals surface area contributed by atoms with Crippen molar-refractivity contribution in [2.24, 2.45) is 11.8 Å². The van der Waals surface area contributed by atoms with Crippen LogP contribution < -0.4 is 4.90 Å². The van der Waals surface area contributed by atoms with Gasteiger partial charge in [0.15, 0.2) is 5.71 Å². The fourth-order valence-corrected chi connectivity index (χ4v) is 8.18. The lowest BCUT2D eigenvalue weighted by Gasteiger charge is -2.31. The summed E-state index contributed by atoms with van der Waals surface area (Å²) in [6.07, 6.45) is 9.83. The predicted molar refractivity (Wildman–Crippen MR) is 214 cm³/mol. The highest BCUT2D eigenvalue weighted by atomic mass is 16.6. The molecule has 2 aliphatic heterocycles. The number of nitrogens with zero attached hydrogens (tertiary/aromatic N) is 4. The number of rotatable bonds is 14. The zero-order chi connectivity index (χ0) is 37.9. The number of fused-ring (bicyclic) bond motifs is 2. The molecule has 274 valence electrons. The maximum Gasteiger partial charge on any atom is 0.270 e. The summed E-state index contributed by atoms with van der Waals surface area (Å²) in [7, 11) is 0. The molecule has 2 aliphatic rings. The average Bonchev–Trinajstić information content (AvgIpc) is 3.49. The third-order valence-corrected chi connectivity index (χ3v) is 11.0. The van der Waals surface area contributed by atoms with E-state index in [0.717, 1.165) is 71.0 Å². The van der Waals surface area contributed by atoms with Crippen molar-refractivity contribution in [3.05, 3.63) is 163 Å². The molecule has 0 fully saturated rings. The molecule has 2 heterocycles. The molecule has 0 aromatic heterocycles. The van der Waals surface area contributed by atoms with E-state index in [4.69, 9.17) is 0 Å². The minimum atomic E-state index is -0.543. The molecule has 6 rings (SSSR count). The van der Waals surface area contributed by atoms with E-state index in [1.165, 1.54) is 0 Å². The van der Waals surface area contributed by atoms with Crippen LogP contribution in [-0.2, 0) is 23.7 Å². The summed E-state index contributed by atoms with van der Waals surface area (Å²) >= 11 is 0. The molecule has 8 heteroatoms. The van der Waals surface area contributed by atoms with E-state index in [1.807, 2.05) is 48.5 Å². The van der Waals surface area contributed by atoms with Crippen molar-refractivity contribution in [3.63, 3.8) is 0 Å². The fourth-order valence-electron chi connectivity index (χ4n) is 8.18. The first kappa shape index (κ1) is 37.4. The van der Waals surface area contributed by atoms with Crippen LogP contribution in [0.1, 0.15) is 76.6 Å². The summed E-state index contributed by atoms with van der Waals surface area (Å²) in [5, 5.41) is 24.1. The second kappa shape index (κ2) is 15.3. The fraction of sp³-hybridized carbons (Fsp3) is 0.356. The van der Waals surface area contributed by atoms with Crippen LogP contribution in [0.25, 0.3) is 0 Å². The van der Waals surface area contributed by atoms with Crippen molar-refractivity contribution in [3.8, 4) is 0 Å². The second-order valence-corrected chi connectivity index (χ2v) is 15.9. The van der Waals surface area contributed by atoms with Crippen LogP contribution in [0.3, 0.4) is 0 Å². The Hall–Kier alpha value is -5.37. The average molecular weight is 712 g/mol. The van der Waals surface area contributed by atoms with Gasteiger partial charge in [-0.25, -0.2) is 0 Å². The molecule has 0 spiro atoms. The molecular weight excluding hydrogens is 661 g/mol. The van der Waals surface area contributed by atoms with Crippen molar-refractivity contribution < 1.29 is 14.4 Å². The van der Waals surface area contributed by atoms with E-state index < -0.39 is 10.8 Å². The van der Waals surface area contributed by atoms with Crippen molar-refractivity contribution in [2.45, 2.75) is 78.1 Å². The molecule has 0 N–H and O–H groups in total. The van der Waals surface area contributed by atoms with E-state index in [1.54, 1.807) is 24.3 Å². The van der Waals surface area contributed by atoms with E-state index in [9.17, 15) is 20.2 Å². The molecule has 8 nitrogen and oxygen atoms in total. The van der Waals surface area contributed by atoms with Gasteiger partial charge < -0.3 is 4.90 Å². The molecule has 0 bridgehead atoms. The van der Waals surface area contributed by atoms with Crippen LogP contribution in [0.15, 0.2) is 121 Å². The Bertz CT molecular complexity index is 2090. The number of benzene rings is 4. The highest BCUT2D eigenvalue weighted by molar-refractivity contribution is 6.04. The number of nitro benzene ring substituents is 2. The van der Waals surface area contributed by atoms with Crippen LogP contribution in [0.5, 0.6) is 0 Å². The van der Waals surface area contributed by atoms with Gasteiger partial charge in [0.25, 0.3) is 11.4 Å². The lowest BCUT2D eigenvalue weighted by atomic mass is 9.74. The van der Waals surface area contributed by atoms with E-state index in [2.05, 4.69) is 93.5 Å². The van der Waals surface area contributed by atoms with Gasteiger partial charge in [0.05, 0.1) is 15.3 Å². The van der Waals surface area contributed by atoms with Crippen molar-refractivity contribution in [2.75, 3.05) is 18.0 Å². The van der Waals surface area contributed by atoms with Gasteiger partial charge in [-0.15, -0.1) is 0 Å². The van der Waals surface area contributed by atoms with E-state index >= 15 is 0 Å². The van der Waals surface area contributed by atoms with Crippen LogP contribution in [0.4, 0.5) is 22.7 Å². The van der Waals surface area contributed by atoms with Crippen molar-refractivity contribution in [1.29, 1.82) is 0 Å². The number of allylic oxidation sites excluding steroid dienone is 4. The van der Waals surface area contributed by atoms with Crippen LogP contribution >= 0.6 is 0 Å². The summed E-state index contributed by atoms with van der Waals surface area (Å²) in [5.41, 5.74) is 7.54. The Morgan fingerprint density at radius 2 is 1.26 bits per heavy atom. The third-order valence-electron chi connectivity index (χ3n) is 11.0. The van der Waals surface area contributed by atoms with Crippen molar-refractivity contribution in [1.82, 2.24) is 0 Å². The quantitative estimate of drug-likeness (QED) is 0.0737. The zero-order valence-electron chi connectivity index (χ0n) is 31.8. The number of hydrogen-bond acceptors (Lipinski definition) is 5. The topological polar surface area (TPSA) is 92.5 Å². The third kappa shape index (κ3) is 7.59. The maximum absolute atomic E-state index is 12.1. The second-order valence-electron chi connectivity index (χ2n) is 15.9. The standard InChI is InChI=1S/C45H51N4O4/c1-32(2)24-26-46-40-22-20-36(48(50)51)28-38(40)44(5,30-34-14-9-7-10-15-34)42(46)18-13-19-43-45(6,31-35-16-11-8-12-17-35)39-29-37(49(52)53)21-23-41(39)47(43)27-25-33(3)4/h7-23,28-29,32-33H,24-27,30-31H2,1-6H3/q+1. The zero-order valence-corrected chi connectivity index (χ0v) is 31.8. The van der Waals surface area contributed by atoms with Gasteiger partial charge in [-0.3, -0.25) is 20.2 Å². The van der Waals surface area contributed by atoms with Gasteiger partial charge in [0.2, 0.25) is 5.69 Å². The van der Waals surface area contributed by atoms with E-state index in [-0.39, 0.29) is 21.2 Å². The Labute approximate surface area is 313 Å². The summed E-state index contributed by atoms with van der Waals surface area (Å²) in [5.74, 6) is 0.943. The van der Waals surface area contributed by atoms with Crippen molar-refractivity contribution >= 4 is 28.5 Å². The molecule has 0 aliphatic carbocycles. The van der Waals surface area contributed by atoms with Crippen LogP contribution in [-0.4, -0.2) is 33.2 Å². The maximum atomic E-state index is 12.1.